The Labute approximate surface area is 170 Å². The summed E-state index contributed by atoms with van der Waals surface area (Å²) in [6.45, 7) is 0.535. The van der Waals surface area contributed by atoms with E-state index in [1.807, 2.05) is 30.3 Å². The van der Waals surface area contributed by atoms with Crippen molar-refractivity contribution in [2.45, 2.75) is 19.4 Å². The summed E-state index contributed by atoms with van der Waals surface area (Å²) >= 11 is 1.46. The SMILES string of the molecule is O=C(O)CSCCCc1cccc(OCc2ccc(-c3ccccc3)cc2)c1. The van der Waals surface area contributed by atoms with Crippen LogP contribution >= 0.6 is 11.8 Å². The highest BCUT2D eigenvalue weighted by Crippen LogP contribution is 2.21. The molecular formula is C24H24O3S. The third-order valence-corrected chi connectivity index (χ3v) is 5.37. The Bertz CT molecular complexity index is 876. The lowest BCUT2D eigenvalue weighted by molar-refractivity contribution is -0.133. The number of carboxylic acids is 1. The molecule has 0 fully saturated rings. The summed E-state index contributed by atoms with van der Waals surface area (Å²) in [5.41, 5.74) is 4.76. The average Bonchev–Trinajstić information content (AvgIpc) is 2.73. The Morgan fingerprint density at radius 2 is 1.61 bits per heavy atom. The van der Waals surface area contributed by atoms with Crippen molar-refractivity contribution in [3.63, 3.8) is 0 Å². The van der Waals surface area contributed by atoms with Gasteiger partial charge in [0.25, 0.3) is 0 Å². The first kappa shape index (κ1) is 20.0. The van der Waals surface area contributed by atoms with Gasteiger partial charge < -0.3 is 9.84 Å². The molecule has 3 rings (SSSR count). The van der Waals surface area contributed by atoms with Crippen LogP contribution in [0.5, 0.6) is 5.75 Å². The normalized spacial score (nSPS) is 10.6. The fourth-order valence-corrected chi connectivity index (χ4v) is 3.59. The molecular weight excluding hydrogens is 368 g/mol. The summed E-state index contributed by atoms with van der Waals surface area (Å²) in [6.07, 6.45) is 1.89. The zero-order valence-corrected chi connectivity index (χ0v) is 16.5. The summed E-state index contributed by atoms with van der Waals surface area (Å²) in [5, 5.41) is 8.66. The number of ether oxygens (including phenoxy) is 1. The molecule has 0 saturated carbocycles. The second kappa shape index (κ2) is 10.6. The van der Waals surface area contributed by atoms with Gasteiger partial charge in [0.05, 0.1) is 5.75 Å². The van der Waals surface area contributed by atoms with E-state index in [2.05, 4.69) is 48.5 Å². The lowest BCUT2D eigenvalue weighted by Gasteiger charge is -2.09. The molecule has 0 aromatic heterocycles. The summed E-state index contributed by atoms with van der Waals surface area (Å²) < 4.78 is 5.95. The molecule has 0 bridgehead atoms. The molecule has 28 heavy (non-hydrogen) atoms. The van der Waals surface area contributed by atoms with Gasteiger partial charge in [-0.2, -0.15) is 11.8 Å². The van der Waals surface area contributed by atoms with Gasteiger partial charge in [0.1, 0.15) is 12.4 Å². The van der Waals surface area contributed by atoms with E-state index in [0.717, 1.165) is 29.9 Å². The lowest BCUT2D eigenvalue weighted by atomic mass is 10.0. The van der Waals surface area contributed by atoms with E-state index in [1.165, 1.54) is 28.5 Å². The molecule has 144 valence electrons. The number of hydrogen-bond acceptors (Lipinski definition) is 3. The minimum atomic E-state index is -0.753. The minimum Gasteiger partial charge on any atom is -0.489 e. The maximum Gasteiger partial charge on any atom is 0.313 e. The molecule has 0 aliphatic rings. The summed E-state index contributed by atoms with van der Waals surface area (Å²) in [4.78, 5) is 10.5. The van der Waals surface area contributed by atoms with E-state index in [0.29, 0.717) is 6.61 Å². The van der Waals surface area contributed by atoms with Crippen LogP contribution < -0.4 is 4.74 Å². The van der Waals surface area contributed by atoms with Gasteiger partial charge in [-0.05, 0) is 53.0 Å². The van der Waals surface area contributed by atoms with E-state index < -0.39 is 5.97 Å². The monoisotopic (exact) mass is 392 g/mol. The Morgan fingerprint density at radius 1 is 0.857 bits per heavy atom. The van der Waals surface area contributed by atoms with Crippen molar-refractivity contribution in [2.24, 2.45) is 0 Å². The number of benzene rings is 3. The molecule has 3 aromatic carbocycles. The fraction of sp³-hybridized carbons (Fsp3) is 0.208. The number of aliphatic carboxylic acids is 1. The van der Waals surface area contributed by atoms with E-state index in [9.17, 15) is 4.79 Å². The van der Waals surface area contributed by atoms with Crippen LogP contribution in [0.25, 0.3) is 11.1 Å². The smallest absolute Gasteiger partial charge is 0.313 e. The number of hydrogen-bond donors (Lipinski definition) is 1. The Hall–Kier alpha value is -2.72. The van der Waals surface area contributed by atoms with E-state index in [4.69, 9.17) is 9.84 Å². The standard InChI is InChI=1S/C24H24O3S/c25-24(26)18-28-15-5-7-19-6-4-10-23(16-19)27-17-20-11-13-22(14-12-20)21-8-2-1-3-9-21/h1-4,6,8-14,16H,5,7,15,17-18H2,(H,25,26). The van der Waals surface area contributed by atoms with Crippen molar-refractivity contribution < 1.29 is 14.6 Å². The van der Waals surface area contributed by atoms with Crippen molar-refractivity contribution in [1.82, 2.24) is 0 Å². The van der Waals surface area contributed by atoms with Crippen molar-refractivity contribution in [3.8, 4) is 16.9 Å². The second-order valence-electron chi connectivity index (χ2n) is 6.55. The molecule has 0 spiro atoms. The second-order valence-corrected chi connectivity index (χ2v) is 7.65. The first-order valence-electron chi connectivity index (χ1n) is 9.36. The molecule has 0 saturated heterocycles. The highest BCUT2D eigenvalue weighted by atomic mass is 32.2. The molecule has 4 heteroatoms. The molecule has 3 aromatic rings. The van der Waals surface area contributed by atoms with Gasteiger partial charge in [0.15, 0.2) is 0 Å². The van der Waals surface area contributed by atoms with Gasteiger partial charge in [-0.25, -0.2) is 0 Å². The largest absolute Gasteiger partial charge is 0.489 e. The average molecular weight is 393 g/mol. The molecule has 0 unspecified atom stereocenters. The van der Waals surface area contributed by atoms with Crippen LogP contribution in [0.2, 0.25) is 0 Å². The van der Waals surface area contributed by atoms with Crippen LogP contribution in [-0.4, -0.2) is 22.6 Å². The van der Waals surface area contributed by atoms with Gasteiger partial charge in [0.2, 0.25) is 0 Å². The van der Waals surface area contributed by atoms with E-state index in [-0.39, 0.29) is 5.75 Å². The van der Waals surface area contributed by atoms with Crippen molar-refractivity contribution >= 4 is 17.7 Å². The van der Waals surface area contributed by atoms with Gasteiger partial charge in [-0.3, -0.25) is 4.79 Å². The predicted octanol–water partition coefficient (Wildman–Crippen LogP) is 5.68. The quantitative estimate of drug-likeness (QED) is 0.451. The van der Waals surface area contributed by atoms with Crippen LogP contribution in [0.4, 0.5) is 0 Å². The minimum absolute atomic E-state index is 0.173. The first-order chi connectivity index (χ1) is 13.7. The van der Waals surface area contributed by atoms with Crippen LogP contribution in [0.3, 0.4) is 0 Å². The molecule has 0 heterocycles. The Kier molecular flexibility index (Phi) is 7.56. The zero-order valence-electron chi connectivity index (χ0n) is 15.7. The van der Waals surface area contributed by atoms with Crippen LogP contribution in [-0.2, 0) is 17.8 Å². The van der Waals surface area contributed by atoms with Gasteiger partial charge in [0, 0.05) is 0 Å². The zero-order chi connectivity index (χ0) is 19.6. The molecule has 0 aliphatic carbocycles. The number of carboxylic acid groups (broad SMARTS) is 1. The number of aryl methyl sites for hydroxylation is 1. The van der Waals surface area contributed by atoms with Gasteiger partial charge >= 0.3 is 5.97 Å². The third-order valence-electron chi connectivity index (χ3n) is 4.34. The lowest BCUT2D eigenvalue weighted by Crippen LogP contribution is -1.99. The Morgan fingerprint density at radius 3 is 2.36 bits per heavy atom. The van der Waals surface area contributed by atoms with Crippen LogP contribution in [0, 0.1) is 0 Å². The highest BCUT2D eigenvalue weighted by Gasteiger charge is 2.02. The molecule has 1 N–H and O–H groups in total. The van der Waals surface area contributed by atoms with E-state index >= 15 is 0 Å². The fourth-order valence-electron chi connectivity index (χ4n) is 2.92. The molecule has 3 nitrogen and oxygen atoms in total. The summed E-state index contributed by atoms with van der Waals surface area (Å²) in [6, 6.07) is 26.9. The summed E-state index contributed by atoms with van der Waals surface area (Å²) in [7, 11) is 0. The number of thioether (sulfide) groups is 1. The van der Waals surface area contributed by atoms with Gasteiger partial charge in [-0.1, -0.05) is 66.7 Å². The molecule has 0 radical (unpaired) electrons. The van der Waals surface area contributed by atoms with Crippen LogP contribution in [0.15, 0.2) is 78.9 Å². The number of carbonyl (C=O) groups is 1. The first-order valence-corrected chi connectivity index (χ1v) is 10.5. The van der Waals surface area contributed by atoms with Crippen molar-refractivity contribution in [1.29, 1.82) is 0 Å². The van der Waals surface area contributed by atoms with E-state index in [1.54, 1.807) is 0 Å². The summed E-state index contributed by atoms with van der Waals surface area (Å²) in [5.74, 6) is 1.14. The van der Waals surface area contributed by atoms with Crippen molar-refractivity contribution in [3.05, 3.63) is 90.0 Å². The van der Waals surface area contributed by atoms with Gasteiger partial charge in [-0.15, -0.1) is 0 Å². The topological polar surface area (TPSA) is 46.5 Å². The molecule has 0 aliphatic heterocycles. The maximum absolute atomic E-state index is 10.5. The maximum atomic E-state index is 10.5. The molecule has 0 amide bonds. The van der Waals surface area contributed by atoms with Crippen LogP contribution in [0.1, 0.15) is 17.5 Å². The van der Waals surface area contributed by atoms with Crippen molar-refractivity contribution in [2.75, 3.05) is 11.5 Å². The molecule has 0 atom stereocenters. The Balaban J connectivity index is 1.48. The highest BCUT2D eigenvalue weighted by molar-refractivity contribution is 7.99. The number of rotatable bonds is 10. The third kappa shape index (κ3) is 6.46. The predicted molar refractivity (Wildman–Crippen MR) is 116 cm³/mol.